The van der Waals surface area contributed by atoms with Crippen molar-refractivity contribution in [3.63, 3.8) is 0 Å². The monoisotopic (exact) mass is 598 g/mol. The van der Waals surface area contributed by atoms with Crippen LogP contribution in [0.15, 0.2) is 85.8 Å². The van der Waals surface area contributed by atoms with E-state index in [0.29, 0.717) is 5.56 Å². The number of aromatic carboxylic acids is 1. The molecule has 0 heterocycles. The van der Waals surface area contributed by atoms with E-state index in [1.54, 1.807) is 30.3 Å². The summed E-state index contributed by atoms with van der Waals surface area (Å²) in [6, 6.07) is 13.1. The van der Waals surface area contributed by atoms with Crippen LogP contribution in [-0.2, 0) is 27.2 Å². The van der Waals surface area contributed by atoms with Crippen LogP contribution in [-0.4, -0.2) is 48.6 Å². The fourth-order valence-corrected chi connectivity index (χ4v) is 3.94. The van der Waals surface area contributed by atoms with E-state index in [1.165, 1.54) is 6.92 Å². The molecular weight excluding hydrogens is 580 g/mol. The van der Waals surface area contributed by atoms with Gasteiger partial charge in [0.1, 0.15) is 22.3 Å². The van der Waals surface area contributed by atoms with Crippen LogP contribution in [0.1, 0.15) is 21.5 Å². The summed E-state index contributed by atoms with van der Waals surface area (Å²) < 4.78 is 60.5. The summed E-state index contributed by atoms with van der Waals surface area (Å²) in [6.45, 7) is 1.39. The zero-order chi connectivity index (χ0) is 26.7. The summed E-state index contributed by atoms with van der Waals surface area (Å²) in [5, 5.41) is 31.4. The molecule has 200 valence electrons. The van der Waals surface area contributed by atoms with Crippen molar-refractivity contribution in [3.05, 3.63) is 82.8 Å². The Bertz CT molecular complexity index is 1480. The Morgan fingerprint density at radius 1 is 0.919 bits per heavy atom. The number of hydrogen-bond acceptors (Lipinski definition) is 9. The van der Waals surface area contributed by atoms with Crippen LogP contribution in [0.5, 0.6) is 5.75 Å². The normalized spacial score (nSPS) is 12.7. The fraction of sp³-hybridized carbons (Fsp3) is 0.0476. The molecule has 0 spiro atoms. The molecule has 0 radical (unpaired) electrons. The molecule has 13 nitrogen and oxygen atoms in total. The molecule has 0 aromatic heterocycles. The SMILES string of the molecule is Cc1cc(S(=O)(=O)O)cc([N-]/N=C(\N=Nc2ccc(S(O)(O)O)cc2C(=O)O)c2ccccc2)c1O.[Cu+]. The van der Waals surface area contributed by atoms with Crippen LogP contribution in [0, 0.1) is 6.92 Å². The van der Waals surface area contributed by atoms with E-state index in [0.717, 1.165) is 30.3 Å². The van der Waals surface area contributed by atoms with Gasteiger partial charge >= 0.3 is 23.0 Å². The molecule has 0 saturated heterocycles. The fourth-order valence-electron chi connectivity index (χ4n) is 2.82. The zero-order valence-electron chi connectivity index (χ0n) is 18.6. The number of carboxylic acid groups (broad SMARTS) is 1. The summed E-state index contributed by atoms with van der Waals surface area (Å²) in [5.41, 5.74) is 3.29. The first kappa shape index (κ1) is 29.9. The molecule has 0 aliphatic carbocycles. The molecule has 16 heteroatoms. The number of phenolic OH excluding ortho intramolecular Hbond substituents is 1. The number of benzene rings is 3. The van der Waals surface area contributed by atoms with E-state index in [1.807, 2.05) is 0 Å². The largest absolute Gasteiger partial charge is 1.00 e. The van der Waals surface area contributed by atoms with E-state index < -0.39 is 48.1 Å². The van der Waals surface area contributed by atoms with Gasteiger partial charge in [-0.2, -0.15) is 8.42 Å². The van der Waals surface area contributed by atoms with Crippen molar-refractivity contribution in [2.75, 3.05) is 0 Å². The smallest absolute Gasteiger partial charge is 0.571 e. The van der Waals surface area contributed by atoms with E-state index in [2.05, 4.69) is 20.8 Å². The van der Waals surface area contributed by atoms with Gasteiger partial charge in [-0.3, -0.25) is 4.55 Å². The number of aromatic hydroxyl groups is 1. The van der Waals surface area contributed by atoms with Crippen molar-refractivity contribution < 1.29 is 58.7 Å². The van der Waals surface area contributed by atoms with Gasteiger partial charge in [0.25, 0.3) is 10.1 Å². The van der Waals surface area contributed by atoms with Gasteiger partial charge in [-0.15, -0.1) is 10.2 Å². The van der Waals surface area contributed by atoms with Gasteiger partial charge in [-0.25, -0.2) is 4.79 Å². The first-order chi connectivity index (χ1) is 16.8. The van der Waals surface area contributed by atoms with Gasteiger partial charge in [0.2, 0.25) is 0 Å². The van der Waals surface area contributed by atoms with E-state index in [-0.39, 0.29) is 39.8 Å². The third-order valence-corrected chi connectivity index (χ3v) is 6.32. The number of carbonyl (C=O) groups is 1. The Morgan fingerprint density at radius 2 is 1.57 bits per heavy atom. The summed E-state index contributed by atoms with van der Waals surface area (Å²) >= 11 is 0. The molecule has 0 amide bonds. The average Bonchev–Trinajstić information content (AvgIpc) is 2.80. The molecule has 0 fully saturated rings. The first-order valence-corrected chi connectivity index (χ1v) is 12.7. The Morgan fingerprint density at radius 3 is 2.14 bits per heavy atom. The summed E-state index contributed by atoms with van der Waals surface area (Å²) in [4.78, 5) is 10.7. The van der Waals surface area contributed by atoms with Crippen LogP contribution in [0.4, 0.5) is 11.4 Å². The van der Waals surface area contributed by atoms with Gasteiger partial charge in [0.05, 0.1) is 15.4 Å². The molecule has 3 aromatic rings. The summed E-state index contributed by atoms with van der Waals surface area (Å²) in [6.07, 6.45) is 0. The number of rotatable bonds is 7. The van der Waals surface area contributed by atoms with Crippen LogP contribution in [0.25, 0.3) is 5.43 Å². The van der Waals surface area contributed by atoms with Crippen molar-refractivity contribution in [1.29, 1.82) is 0 Å². The Labute approximate surface area is 223 Å². The molecular formula is C21H19CuN4O9S2. The van der Waals surface area contributed by atoms with Gasteiger partial charge in [0, 0.05) is 5.56 Å². The van der Waals surface area contributed by atoms with Crippen molar-refractivity contribution in [3.8, 4) is 5.75 Å². The molecule has 3 aromatic carbocycles. The maximum atomic E-state index is 11.6. The minimum Gasteiger partial charge on any atom is -0.571 e. The molecule has 6 N–H and O–H groups in total. The molecule has 0 bridgehead atoms. The maximum Gasteiger partial charge on any atom is 1.00 e. The minimum atomic E-state index is -4.60. The standard InChI is InChI=1S/C21H20N4O9S2.Cu/c1-12-9-15(36(32,33)34)11-18(19(12)26)23-25-20(13-5-3-2-4-6-13)24-22-17-8-7-14(35(29,30)31)10-16(17)21(27)28;/h2-11H,1H3,(H7,22,23,24,25,26,27,28,29,30,31,32,33,34);/q;+1/p-1. The maximum absolute atomic E-state index is 11.6. The topological polar surface area (TPSA) is 224 Å². The number of carboxylic acids is 1. The molecule has 37 heavy (non-hydrogen) atoms. The third kappa shape index (κ3) is 7.58. The quantitative estimate of drug-likeness (QED) is 0.0512. The number of nitrogens with zero attached hydrogens (tertiary/aromatic N) is 4. The Kier molecular flexibility index (Phi) is 9.54. The average molecular weight is 599 g/mol. The van der Waals surface area contributed by atoms with Crippen molar-refractivity contribution in [2.24, 2.45) is 15.3 Å². The van der Waals surface area contributed by atoms with Gasteiger partial charge in [-0.1, -0.05) is 42.1 Å². The second-order valence-electron chi connectivity index (χ2n) is 7.18. The van der Waals surface area contributed by atoms with Crippen LogP contribution < -0.4 is 0 Å². The number of hydrogen-bond donors (Lipinski definition) is 6. The molecule has 3 rings (SSSR count). The van der Waals surface area contributed by atoms with Crippen LogP contribution in [0.2, 0.25) is 0 Å². The number of phenols is 1. The van der Waals surface area contributed by atoms with Gasteiger partial charge in [0.15, 0.2) is 5.84 Å². The second kappa shape index (κ2) is 11.8. The number of aryl methyl sites for hydroxylation is 1. The van der Waals surface area contributed by atoms with Crippen molar-refractivity contribution in [2.45, 2.75) is 16.7 Å². The summed E-state index contributed by atoms with van der Waals surface area (Å²) in [7, 11) is -8.77. The zero-order valence-corrected chi connectivity index (χ0v) is 21.2. The number of amidine groups is 1. The number of azo groups is 1. The first-order valence-electron chi connectivity index (χ1n) is 9.72. The van der Waals surface area contributed by atoms with Crippen LogP contribution in [0.3, 0.4) is 0 Å². The molecule has 0 aliphatic heterocycles. The molecule has 0 unspecified atom stereocenters. The van der Waals surface area contributed by atoms with Gasteiger partial charge < -0.3 is 34.4 Å². The second-order valence-corrected chi connectivity index (χ2v) is 10.1. The van der Waals surface area contributed by atoms with Crippen LogP contribution >= 0.6 is 10.9 Å². The molecule has 0 saturated carbocycles. The van der Waals surface area contributed by atoms with E-state index >= 15 is 0 Å². The predicted octanol–water partition coefficient (Wildman–Crippen LogP) is 5.38. The van der Waals surface area contributed by atoms with Crippen molar-refractivity contribution in [1.82, 2.24) is 0 Å². The van der Waals surface area contributed by atoms with E-state index in [4.69, 9.17) is 0 Å². The van der Waals surface area contributed by atoms with E-state index in [9.17, 15) is 41.6 Å². The predicted molar refractivity (Wildman–Crippen MR) is 130 cm³/mol. The Balaban J connectivity index is 0.00000481. The van der Waals surface area contributed by atoms with Gasteiger partial charge in [-0.05, 0) is 36.8 Å². The third-order valence-electron chi connectivity index (χ3n) is 4.60. The molecule has 0 aliphatic rings. The Hall–Kier alpha value is -3.34. The molecule has 0 atom stereocenters. The summed E-state index contributed by atoms with van der Waals surface area (Å²) in [5.74, 6) is -2.06. The minimum absolute atomic E-state index is 0. The van der Waals surface area contributed by atoms with Crippen molar-refractivity contribution >= 4 is 44.2 Å².